The molecule has 1 saturated carbocycles. The molecule has 0 aliphatic heterocycles. The Morgan fingerprint density at radius 2 is 2.22 bits per heavy atom. The quantitative estimate of drug-likeness (QED) is 0.888. The fraction of sp³-hybridized carbons (Fsp3) is 0.600. The van der Waals surface area contributed by atoms with Gasteiger partial charge in [-0.3, -0.25) is 9.78 Å². The lowest BCUT2D eigenvalue weighted by atomic mass is 9.67. The average Bonchev–Trinajstić information content (AvgIpc) is 2.40. The molecule has 3 heteroatoms. The van der Waals surface area contributed by atoms with Crippen LogP contribution in [0.1, 0.15) is 44.6 Å². The van der Waals surface area contributed by atoms with Crippen LogP contribution in [0.25, 0.3) is 0 Å². The van der Waals surface area contributed by atoms with Crippen LogP contribution in [0.15, 0.2) is 24.5 Å². The lowest BCUT2D eigenvalue weighted by Gasteiger charge is -2.36. The molecule has 1 aliphatic carbocycles. The van der Waals surface area contributed by atoms with Crippen molar-refractivity contribution >= 4 is 5.97 Å². The second-order valence-corrected chi connectivity index (χ2v) is 5.48. The van der Waals surface area contributed by atoms with Crippen molar-refractivity contribution in [2.75, 3.05) is 0 Å². The summed E-state index contributed by atoms with van der Waals surface area (Å²) >= 11 is 0. The third kappa shape index (κ3) is 2.71. The minimum absolute atomic E-state index is 0.561. The van der Waals surface area contributed by atoms with Crippen LogP contribution in [-0.2, 0) is 11.2 Å². The van der Waals surface area contributed by atoms with Crippen LogP contribution in [0.4, 0.5) is 0 Å². The molecule has 0 spiro atoms. The predicted molar refractivity (Wildman–Crippen MR) is 70.3 cm³/mol. The van der Waals surface area contributed by atoms with Gasteiger partial charge in [0.15, 0.2) is 0 Å². The monoisotopic (exact) mass is 247 g/mol. The Morgan fingerprint density at radius 3 is 2.72 bits per heavy atom. The van der Waals surface area contributed by atoms with Crippen LogP contribution in [0, 0.1) is 11.3 Å². The number of hydrogen-bond acceptors (Lipinski definition) is 2. The summed E-state index contributed by atoms with van der Waals surface area (Å²) in [7, 11) is 0. The van der Waals surface area contributed by atoms with Crippen LogP contribution in [0.2, 0.25) is 0 Å². The number of nitrogens with zero attached hydrogens (tertiary/aromatic N) is 1. The number of carbonyl (C=O) groups is 1. The topological polar surface area (TPSA) is 50.2 Å². The molecule has 3 nitrogen and oxygen atoms in total. The summed E-state index contributed by atoms with van der Waals surface area (Å²) in [4.78, 5) is 15.7. The molecule has 0 aromatic carbocycles. The third-order valence-corrected chi connectivity index (χ3v) is 4.36. The van der Waals surface area contributed by atoms with Gasteiger partial charge in [0.1, 0.15) is 0 Å². The van der Waals surface area contributed by atoms with Crippen molar-refractivity contribution < 1.29 is 9.90 Å². The summed E-state index contributed by atoms with van der Waals surface area (Å²) in [6.07, 6.45) is 8.99. The van der Waals surface area contributed by atoms with Gasteiger partial charge in [0.05, 0.1) is 5.41 Å². The minimum atomic E-state index is -0.638. The van der Waals surface area contributed by atoms with Crippen LogP contribution < -0.4 is 0 Å². The van der Waals surface area contributed by atoms with Crippen molar-refractivity contribution in [1.29, 1.82) is 0 Å². The fourth-order valence-electron chi connectivity index (χ4n) is 3.00. The van der Waals surface area contributed by atoms with Crippen molar-refractivity contribution in [3.05, 3.63) is 30.1 Å². The SMILES string of the molecule is CCC1CCC(Cc2cccnc2)(C(=O)O)CC1. The zero-order valence-corrected chi connectivity index (χ0v) is 10.9. The smallest absolute Gasteiger partial charge is 0.309 e. The Labute approximate surface area is 108 Å². The molecule has 18 heavy (non-hydrogen) atoms. The lowest BCUT2D eigenvalue weighted by molar-refractivity contribution is -0.151. The van der Waals surface area contributed by atoms with Crippen LogP contribution in [0.3, 0.4) is 0 Å². The molecule has 98 valence electrons. The number of pyridine rings is 1. The van der Waals surface area contributed by atoms with Gasteiger partial charge in [0, 0.05) is 12.4 Å². The molecule has 2 rings (SSSR count). The molecular weight excluding hydrogens is 226 g/mol. The number of rotatable bonds is 4. The molecule has 0 atom stereocenters. The minimum Gasteiger partial charge on any atom is -0.481 e. The predicted octanol–water partition coefficient (Wildman–Crippen LogP) is 3.30. The van der Waals surface area contributed by atoms with Gasteiger partial charge in [-0.15, -0.1) is 0 Å². The van der Waals surface area contributed by atoms with Gasteiger partial charge in [0.2, 0.25) is 0 Å². The van der Waals surface area contributed by atoms with E-state index in [1.54, 1.807) is 12.4 Å². The number of aromatic nitrogens is 1. The summed E-state index contributed by atoms with van der Waals surface area (Å²) in [5.41, 5.74) is 0.476. The van der Waals surface area contributed by atoms with E-state index in [9.17, 15) is 9.90 Å². The highest BCUT2D eigenvalue weighted by molar-refractivity contribution is 5.75. The van der Waals surface area contributed by atoms with Gasteiger partial charge in [-0.05, 0) is 49.7 Å². The van der Waals surface area contributed by atoms with Crippen molar-refractivity contribution in [1.82, 2.24) is 4.98 Å². The number of hydrogen-bond donors (Lipinski definition) is 1. The van der Waals surface area contributed by atoms with Crippen molar-refractivity contribution in [3.8, 4) is 0 Å². The van der Waals surface area contributed by atoms with Gasteiger partial charge in [-0.1, -0.05) is 19.4 Å². The second-order valence-electron chi connectivity index (χ2n) is 5.48. The second kappa shape index (κ2) is 5.51. The molecule has 1 aromatic rings. The van der Waals surface area contributed by atoms with Crippen molar-refractivity contribution in [3.63, 3.8) is 0 Å². The first-order valence-electron chi connectivity index (χ1n) is 6.78. The van der Waals surface area contributed by atoms with Gasteiger partial charge >= 0.3 is 5.97 Å². The molecule has 0 bridgehead atoms. The van der Waals surface area contributed by atoms with E-state index in [2.05, 4.69) is 11.9 Å². The van der Waals surface area contributed by atoms with E-state index >= 15 is 0 Å². The maximum absolute atomic E-state index is 11.7. The van der Waals surface area contributed by atoms with Gasteiger partial charge < -0.3 is 5.11 Å². The van der Waals surface area contributed by atoms with Crippen LogP contribution >= 0.6 is 0 Å². The van der Waals surface area contributed by atoms with E-state index in [0.29, 0.717) is 12.3 Å². The molecule has 1 N–H and O–H groups in total. The van der Waals surface area contributed by atoms with E-state index in [1.165, 1.54) is 6.42 Å². The molecule has 1 heterocycles. The Kier molecular flexibility index (Phi) is 4.00. The molecule has 0 amide bonds. The number of carboxylic acids is 1. The summed E-state index contributed by atoms with van der Waals surface area (Å²) in [6, 6.07) is 3.85. The summed E-state index contributed by atoms with van der Waals surface area (Å²) in [5, 5.41) is 9.59. The first kappa shape index (κ1) is 13.1. The molecule has 1 aromatic heterocycles. The van der Waals surface area contributed by atoms with E-state index in [-0.39, 0.29) is 0 Å². The largest absolute Gasteiger partial charge is 0.481 e. The van der Waals surface area contributed by atoms with E-state index in [4.69, 9.17) is 0 Å². The maximum atomic E-state index is 11.7. The summed E-state index contributed by atoms with van der Waals surface area (Å²) < 4.78 is 0. The van der Waals surface area contributed by atoms with Crippen LogP contribution in [0.5, 0.6) is 0 Å². The molecule has 0 radical (unpaired) electrons. The maximum Gasteiger partial charge on any atom is 0.309 e. The Balaban J connectivity index is 2.12. The Bertz CT molecular complexity index is 394. The highest BCUT2D eigenvalue weighted by Crippen LogP contribution is 2.42. The fourth-order valence-corrected chi connectivity index (χ4v) is 3.00. The normalized spacial score (nSPS) is 27.9. The van der Waals surface area contributed by atoms with Crippen molar-refractivity contribution in [2.24, 2.45) is 11.3 Å². The standard InChI is InChI=1S/C15H21NO2/c1-2-12-5-7-15(8-6-12,14(17)18)10-13-4-3-9-16-11-13/h3-4,9,11-12H,2,5-8,10H2,1H3,(H,17,18). The Hall–Kier alpha value is -1.38. The molecule has 0 saturated heterocycles. The highest BCUT2D eigenvalue weighted by atomic mass is 16.4. The Morgan fingerprint density at radius 1 is 1.50 bits per heavy atom. The van der Waals surface area contributed by atoms with E-state index < -0.39 is 11.4 Å². The number of carboxylic acid groups (broad SMARTS) is 1. The van der Waals surface area contributed by atoms with Gasteiger partial charge in [-0.2, -0.15) is 0 Å². The molecule has 1 aliphatic rings. The van der Waals surface area contributed by atoms with Crippen LogP contribution in [-0.4, -0.2) is 16.1 Å². The van der Waals surface area contributed by atoms with Crippen molar-refractivity contribution in [2.45, 2.75) is 45.4 Å². The lowest BCUT2D eigenvalue weighted by Crippen LogP contribution is -2.37. The van der Waals surface area contributed by atoms with Gasteiger partial charge in [0.25, 0.3) is 0 Å². The summed E-state index contributed by atoms with van der Waals surface area (Å²) in [5.74, 6) is 0.0762. The molecular formula is C15H21NO2. The number of aliphatic carboxylic acids is 1. The van der Waals surface area contributed by atoms with E-state index in [1.807, 2.05) is 12.1 Å². The summed E-state index contributed by atoms with van der Waals surface area (Å²) in [6.45, 7) is 2.19. The van der Waals surface area contributed by atoms with Gasteiger partial charge in [-0.25, -0.2) is 0 Å². The molecule has 0 unspecified atom stereocenters. The first-order chi connectivity index (χ1) is 8.66. The zero-order valence-electron chi connectivity index (χ0n) is 10.9. The molecule has 1 fully saturated rings. The highest BCUT2D eigenvalue weighted by Gasteiger charge is 2.41. The third-order valence-electron chi connectivity index (χ3n) is 4.36. The first-order valence-corrected chi connectivity index (χ1v) is 6.78. The average molecular weight is 247 g/mol. The zero-order chi connectivity index (χ0) is 13.0. The van der Waals surface area contributed by atoms with E-state index in [0.717, 1.165) is 31.2 Å².